The summed E-state index contributed by atoms with van der Waals surface area (Å²) in [6.45, 7) is 4.89. The summed E-state index contributed by atoms with van der Waals surface area (Å²) in [5.41, 5.74) is 0. The molecule has 0 aliphatic rings. The van der Waals surface area contributed by atoms with Crippen LogP contribution in [0, 0.1) is 0 Å². The molecule has 0 rings (SSSR count). The van der Waals surface area contributed by atoms with E-state index in [2.05, 4.69) is 31.3 Å². The summed E-state index contributed by atoms with van der Waals surface area (Å²) in [5.74, 6) is -0.0799. The second-order valence-electron chi connectivity index (χ2n) is 19.3. The van der Waals surface area contributed by atoms with E-state index in [0.717, 1.165) is 57.8 Å². The molecule has 0 radical (unpaired) electrons. The van der Waals surface area contributed by atoms with E-state index in [1.54, 1.807) is 6.08 Å². The minimum atomic E-state index is -0.852. The summed E-state index contributed by atoms with van der Waals surface area (Å²) < 4.78 is 5.46. The van der Waals surface area contributed by atoms with Gasteiger partial charge in [0.1, 0.15) is 0 Å². The minimum absolute atomic E-state index is 0.00119. The SMILES string of the molecule is CCCCCCCCCCCCCCCC/C=C/C(O)C(CO)NC(=O)CCCCCCCCC/C=C\CCCCCCCCOC(=O)CCCCCCCCCCCCCCC. The van der Waals surface area contributed by atoms with Gasteiger partial charge in [0.2, 0.25) is 5.91 Å². The van der Waals surface area contributed by atoms with Crippen LogP contribution in [-0.2, 0) is 14.3 Å². The number of esters is 1. The maximum absolute atomic E-state index is 12.4. The first-order chi connectivity index (χ1) is 31.0. The first-order valence-corrected chi connectivity index (χ1v) is 28.1. The van der Waals surface area contributed by atoms with Crippen molar-refractivity contribution < 1.29 is 24.5 Å². The molecule has 0 heterocycles. The summed E-state index contributed by atoms with van der Waals surface area (Å²) >= 11 is 0. The van der Waals surface area contributed by atoms with Crippen LogP contribution in [0.4, 0.5) is 0 Å². The molecule has 0 saturated carbocycles. The number of carbonyl (C=O) groups is 2. The van der Waals surface area contributed by atoms with Crippen molar-refractivity contribution in [1.82, 2.24) is 5.32 Å². The zero-order valence-corrected chi connectivity index (χ0v) is 42.3. The fourth-order valence-corrected chi connectivity index (χ4v) is 8.63. The highest BCUT2D eigenvalue weighted by molar-refractivity contribution is 5.76. The summed E-state index contributed by atoms with van der Waals surface area (Å²) in [4.78, 5) is 24.5. The maximum Gasteiger partial charge on any atom is 0.305 e. The van der Waals surface area contributed by atoms with Crippen molar-refractivity contribution in [2.75, 3.05) is 13.2 Å². The van der Waals surface area contributed by atoms with Crippen molar-refractivity contribution in [2.24, 2.45) is 0 Å². The Labute approximate surface area is 392 Å². The monoisotopic (exact) mass is 888 g/mol. The molecule has 0 aliphatic carbocycles. The molecular weight excluding hydrogens is 779 g/mol. The normalized spacial score (nSPS) is 12.8. The summed E-state index contributed by atoms with van der Waals surface area (Å²) in [6.07, 6.45) is 63.3. The van der Waals surface area contributed by atoms with Crippen LogP contribution < -0.4 is 5.32 Å². The number of aliphatic hydroxyl groups is 2. The highest BCUT2D eigenvalue weighted by atomic mass is 16.5. The van der Waals surface area contributed by atoms with Gasteiger partial charge in [-0.05, 0) is 57.8 Å². The number of aliphatic hydroxyl groups excluding tert-OH is 2. The van der Waals surface area contributed by atoms with Gasteiger partial charge in [0, 0.05) is 12.8 Å². The van der Waals surface area contributed by atoms with Gasteiger partial charge in [0.05, 0.1) is 25.4 Å². The topological polar surface area (TPSA) is 95.9 Å². The fraction of sp³-hybridized carbons (Fsp3) is 0.895. The fourth-order valence-electron chi connectivity index (χ4n) is 8.63. The molecule has 372 valence electrons. The van der Waals surface area contributed by atoms with E-state index in [-0.39, 0.29) is 18.5 Å². The van der Waals surface area contributed by atoms with Gasteiger partial charge in [-0.15, -0.1) is 0 Å². The number of ether oxygens (including phenoxy) is 1. The van der Waals surface area contributed by atoms with Crippen LogP contribution in [0.15, 0.2) is 24.3 Å². The third-order valence-corrected chi connectivity index (χ3v) is 13.0. The molecule has 0 bridgehead atoms. The standard InChI is InChI=1S/C57H109NO5/c1-3-5-7-9-11-13-15-17-18-22-26-29-33-37-41-45-49-55(60)54(53-59)58-56(61)50-46-42-38-34-30-27-23-20-19-21-24-28-32-36-40-44-48-52-63-57(62)51-47-43-39-35-31-25-16-14-12-10-8-6-4-2/h19,21,45,49,54-55,59-60H,3-18,20,22-44,46-48,50-53H2,1-2H3,(H,58,61)/b21-19-,49-45+. The molecule has 0 fully saturated rings. The number of allylic oxidation sites excluding steroid dienone is 3. The van der Waals surface area contributed by atoms with Crippen LogP contribution in [0.2, 0.25) is 0 Å². The number of carbonyl (C=O) groups excluding carboxylic acids is 2. The molecule has 0 saturated heterocycles. The molecule has 2 atom stereocenters. The average molecular weight is 889 g/mol. The molecule has 0 aromatic rings. The molecule has 3 N–H and O–H groups in total. The predicted octanol–water partition coefficient (Wildman–Crippen LogP) is 17.1. The second kappa shape index (κ2) is 53.0. The van der Waals surface area contributed by atoms with Crippen LogP contribution >= 0.6 is 0 Å². The van der Waals surface area contributed by atoms with Crippen LogP contribution in [-0.4, -0.2) is 47.4 Å². The Morgan fingerprint density at radius 2 is 0.746 bits per heavy atom. The van der Waals surface area contributed by atoms with Crippen molar-refractivity contribution in [3.05, 3.63) is 24.3 Å². The molecular formula is C57H109NO5. The maximum atomic E-state index is 12.4. The highest BCUT2D eigenvalue weighted by Gasteiger charge is 2.18. The summed E-state index contributed by atoms with van der Waals surface area (Å²) in [7, 11) is 0. The second-order valence-corrected chi connectivity index (χ2v) is 19.3. The van der Waals surface area contributed by atoms with Gasteiger partial charge in [-0.1, -0.05) is 256 Å². The quantitative estimate of drug-likeness (QED) is 0.0321. The van der Waals surface area contributed by atoms with E-state index >= 15 is 0 Å². The van der Waals surface area contributed by atoms with E-state index < -0.39 is 12.1 Å². The molecule has 2 unspecified atom stereocenters. The third kappa shape index (κ3) is 49.6. The zero-order chi connectivity index (χ0) is 45.8. The molecule has 6 nitrogen and oxygen atoms in total. The first-order valence-electron chi connectivity index (χ1n) is 28.1. The lowest BCUT2D eigenvalue weighted by Crippen LogP contribution is -2.45. The van der Waals surface area contributed by atoms with Gasteiger partial charge < -0.3 is 20.3 Å². The van der Waals surface area contributed by atoms with Crippen LogP contribution in [0.3, 0.4) is 0 Å². The highest BCUT2D eigenvalue weighted by Crippen LogP contribution is 2.16. The number of hydrogen-bond acceptors (Lipinski definition) is 5. The number of rotatable bonds is 52. The lowest BCUT2D eigenvalue weighted by molar-refractivity contribution is -0.143. The smallest absolute Gasteiger partial charge is 0.305 e. The molecule has 0 spiro atoms. The van der Waals surface area contributed by atoms with Gasteiger partial charge in [0.25, 0.3) is 0 Å². The number of unbranched alkanes of at least 4 members (excludes halogenated alkanes) is 39. The van der Waals surface area contributed by atoms with Gasteiger partial charge in [-0.25, -0.2) is 0 Å². The lowest BCUT2D eigenvalue weighted by Gasteiger charge is -2.20. The van der Waals surface area contributed by atoms with Crippen molar-refractivity contribution >= 4 is 11.9 Å². The molecule has 1 amide bonds. The minimum Gasteiger partial charge on any atom is -0.466 e. The van der Waals surface area contributed by atoms with Crippen LogP contribution in [0.1, 0.15) is 303 Å². The zero-order valence-electron chi connectivity index (χ0n) is 42.3. The third-order valence-electron chi connectivity index (χ3n) is 13.0. The van der Waals surface area contributed by atoms with E-state index in [0.29, 0.717) is 19.4 Å². The molecule has 0 aromatic carbocycles. The molecule has 0 aromatic heterocycles. The lowest BCUT2D eigenvalue weighted by atomic mass is 10.0. The predicted molar refractivity (Wildman–Crippen MR) is 273 cm³/mol. The van der Waals surface area contributed by atoms with Gasteiger partial charge in [0.15, 0.2) is 0 Å². The van der Waals surface area contributed by atoms with E-state index in [1.807, 2.05) is 6.08 Å². The molecule has 6 heteroatoms. The Morgan fingerprint density at radius 3 is 1.13 bits per heavy atom. The van der Waals surface area contributed by atoms with Crippen molar-refractivity contribution in [1.29, 1.82) is 0 Å². The average Bonchev–Trinajstić information content (AvgIpc) is 3.28. The first kappa shape index (κ1) is 61.3. The van der Waals surface area contributed by atoms with E-state index in [4.69, 9.17) is 4.74 Å². The number of hydrogen-bond donors (Lipinski definition) is 3. The Bertz CT molecular complexity index is 982. The number of amides is 1. The van der Waals surface area contributed by atoms with E-state index in [9.17, 15) is 19.8 Å². The summed E-state index contributed by atoms with van der Waals surface area (Å²) in [6, 6.07) is -0.636. The Balaban J connectivity index is 3.49. The summed E-state index contributed by atoms with van der Waals surface area (Å²) in [5, 5.41) is 23.1. The van der Waals surface area contributed by atoms with Gasteiger partial charge in [-0.3, -0.25) is 9.59 Å². The van der Waals surface area contributed by atoms with E-state index in [1.165, 1.54) is 218 Å². The van der Waals surface area contributed by atoms with Gasteiger partial charge in [-0.2, -0.15) is 0 Å². The van der Waals surface area contributed by atoms with Crippen LogP contribution in [0.5, 0.6) is 0 Å². The van der Waals surface area contributed by atoms with Gasteiger partial charge >= 0.3 is 5.97 Å². The largest absolute Gasteiger partial charge is 0.466 e. The Morgan fingerprint density at radius 1 is 0.429 bits per heavy atom. The molecule has 63 heavy (non-hydrogen) atoms. The molecule has 0 aliphatic heterocycles. The van der Waals surface area contributed by atoms with Crippen molar-refractivity contribution in [2.45, 2.75) is 315 Å². The Kier molecular flexibility index (Phi) is 51.6. The number of nitrogens with one attached hydrogen (secondary N) is 1. The Hall–Kier alpha value is -1.66. The van der Waals surface area contributed by atoms with Crippen molar-refractivity contribution in [3.8, 4) is 0 Å². The van der Waals surface area contributed by atoms with Crippen molar-refractivity contribution in [3.63, 3.8) is 0 Å². The van der Waals surface area contributed by atoms with Crippen LogP contribution in [0.25, 0.3) is 0 Å².